The summed E-state index contributed by atoms with van der Waals surface area (Å²) in [5.74, 6) is -1.40. The first kappa shape index (κ1) is 25.8. The molecule has 0 spiro atoms. The molecule has 186 valence electrons. The molecule has 1 aliphatic heterocycles. The van der Waals surface area contributed by atoms with Crippen LogP contribution < -0.4 is 0 Å². The Kier molecular flexibility index (Phi) is 7.85. The molecule has 0 radical (unpaired) electrons. The molecule has 0 unspecified atom stereocenters. The smallest absolute Gasteiger partial charge is 0.350 e. The Morgan fingerprint density at radius 2 is 1.71 bits per heavy atom. The number of nitrogens with zero attached hydrogens (tertiary/aromatic N) is 5. The average Bonchev–Trinajstić information content (AvgIpc) is 3.57. The number of rotatable bonds is 6. The Balaban J connectivity index is 0.000000211. The van der Waals surface area contributed by atoms with Gasteiger partial charge >= 0.3 is 11.9 Å². The molecule has 0 N–H and O–H groups in total. The molecule has 3 aromatic heterocycles. The Morgan fingerprint density at radius 3 is 2.31 bits per heavy atom. The van der Waals surface area contributed by atoms with E-state index in [9.17, 15) is 19.2 Å². The zero-order chi connectivity index (χ0) is 25.9. The second-order valence-electron chi connectivity index (χ2n) is 7.70. The van der Waals surface area contributed by atoms with E-state index in [1.54, 1.807) is 31.5 Å². The highest BCUT2D eigenvalue weighted by atomic mass is 32.1. The fourth-order valence-electron chi connectivity index (χ4n) is 3.50. The second kappa shape index (κ2) is 10.6. The SMILES string of the molecule is CCOC(=O)C1=C(C)n2c(C(=O)C(=O)N(C)C)cnc2C1.CCOC(=O)c1sc2nccn2c1C. The summed E-state index contributed by atoms with van der Waals surface area (Å²) in [7, 11) is 3.02. The van der Waals surface area contributed by atoms with Gasteiger partial charge in [0.05, 0.1) is 25.0 Å². The summed E-state index contributed by atoms with van der Waals surface area (Å²) in [6, 6.07) is 0. The first-order chi connectivity index (χ1) is 16.6. The number of ketones is 1. The summed E-state index contributed by atoms with van der Waals surface area (Å²) in [6.45, 7) is 7.80. The molecule has 0 aromatic carbocycles. The van der Waals surface area contributed by atoms with E-state index in [-0.39, 0.29) is 18.3 Å². The number of thiazole rings is 1. The minimum atomic E-state index is -0.650. The maximum atomic E-state index is 12.2. The fourth-order valence-corrected chi connectivity index (χ4v) is 4.48. The number of aryl methyl sites for hydroxylation is 1. The predicted molar refractivity (Wildman–Crippen MR) is 128 cm³/mol. The minimum absolute atomic E-state index is 0.167. The maximum Gasteiger partial charge on any atom is 0.350 e. The van der Waals surface area contributed by atoms with Crippen molar-refractivity contribution in [3.63, 3.8) is 0 Å². The topological polar surface area (TPSA) is 125 Å². The number of ether oxygens (including phenoxy) is 2. The van der Waals surface area contributed by atoms with Crippen LogP contribution in [0.4, 0.5) is 0 Å². The fraction of sp³-hybridized carbons (Fsp3) is 0.391. The number of amides is 1. The van der Waals surface area contributed by atoms with Crippen LogP contribution in [-0.4, -0.2) is 74.8 Å². The van der Waals surface area contributed by atoms with Gasteiger partial charge < -0.3 is 14.4 Å². The third kappa shape index (κ3) is 5.02. The van der Waals surface area contributed by atoms with Gasteiger partial charge in [-0.25, -0.2) is 19.6 Å². The Hall–Kier alpha value is -3.80. The van der Waals surface area contributed by atoms with Crippen molar-refractivity contribution < 1.29 is 28.7 Å². The van der Waals surface area contributed by atoms with E-state index in [2.05, 4.69) is 9.97 Å². The normalized spacial score (nSPS) is 12.2. The number of carbonyl (C=O) groups excluding carboxylic acids is 4. The van der Waals surface area contributed by atoms with Crippen LogP contribution in [0.2, 0.25) is 0 Å². The van der Waals surface area contributed by atoms with Crippen molar-refractivity contribution in [3.05, 3.63) is 46.3 Å². The minimum Gasteiger partial charge on any atom is -0.463 e. The van der Waals surface area contributed by atoms with Gasteiger partial charge in [-0.2, -0.15) is 0 Å². The van der Waals surface area contributed by atoms with Crippen molar-refractivity contribution in [2.45, 2.75) is 34.1 Å². The van der Waals surface area contributed by atoms with Crippen molar-refractivity contribution in [3.8, 4) is 0 Å². The third-order valence-electron chi connectivity index (χ3n) is 5.25. The molecule has 1 aliphatic rings. The molecule has 12 heteroatoms. The van der Waals surface area contributed by atoms with Gasteiger partial charge in [0.2, 0.25) is 0 Å². The molecule has 1 amide bonds. The molecule has 11 nitrogen and oxygen atoms in total. The average molecular weight is 502 g/mol. The number of hydrogen-bond acceptors (Lipinski definition) is 9. The third-order valence-corrected chi connectivity index (χ3v) is 6.40. The molecule has 35 heavy (non-hydrogen) atoms. The van der Waals surface area contributed by atoms with E-state index >= 15 is 0 Å². The van der Waals surface area contributed by atoms with Crippen LogP contribution >= 0.6 is 11.3 Å². The molecule has 0 saturated carbocycles. The number of carbonyl (C=O) groups is 4. The van der Waals surface area contributed by atoms with Crippen LogP contribution in [0.3, 0.4) is 0 Å². The van der Waals surface area contributed by atoms with Crippen molar-refractivity contribution in [2.75, 3.05) is 27.3 Å². The van der Waals surface area contributed by atoms with Crippen LogP contribution in [0.5, 0.6) is 0 Å². The van der Waals surface area contributed by atoms with Gasteiger partial charge in [0.15, 0.2) is 4.96 Å². The van der Waals surface area contributed by atoms with E-state index in [1.807, 2.05) is 17.5 Å². The highest BCUT2D eigenvalue weighted by Crippen LogP contribution is 2.28. The van der Waals surface area contributed by atoms with Gasteiger partial charge in [-0.3, -0.25) is 18.6 Å². The largest absolute Gasteiger partial charge is 0.463 e. The summed E-state index contributed by atoms with van der Waals surface area (Å²) in [5.41, 5.74) is 2.10. The lowest BCUT2D eigenvalue weighted by molar-refractivity contribution is -0.138. The lowest BCUT2D eigenvalue weighted by atomic mass is 10.2. The van der Waals surface area contributed by atoms with E-state index in [0.717, 1.165) is 10.7 Å². The number of likely N-dealkylation sites (N-methyl/N-ethyl adjacent to an activating group) is 1. The number of hydrogen-bond donors (Lipinski definition) is 0. The number of allylic oxidation sites excluding steroid dienone is 1. The summed E-state index contributed by atoms with van der Waals surface area (Å²) in [4.78, 5) is 58.2. The summed E-state index contributed by atoms with van der Waals surface area (Å²) >= 11 is 1.36. The monoisotopic (exact) mass is 501 g/mol. The lowest BCUT2D eigenvalue weighted by Crippen LogP contribution is -2.31. The van der Waals surface area contributed by atoms with Crippen molar-refractivity contribution in [1.29, 1.82) is 0 Å². The molecule has 0 fully saturated rings. The predicted octanol–water partition coefficient (Wildman–Crippen LogP) is 2.39. The molecular weight excluding hydrogens is 474 g/mol. The molecule has 0 atom stereocenters. The van der Waals surface area contributed by atoms with Crippen LogP contribution in [0.15, 0.2) is 24.2 Å². The van der Waals surface area contributed by atoms with Gasteiger partial charge in [-0.15, -0.1) is 0 Å². The highest BCUT2D eigenvalue weighted by Gasteiger charge is 2.31. The van der Waals surface area contributed by atoms with E-state index in [0.29, 0.717) is 35.0 Å². The number of esters is 2. The summed E-state index contributed by atoms with van der Waals surface area (Å²) < 4.78 is 13.4. The van der Waals surface area contributed by atoms with Gasteiger partial charge in [-0.1, -0.05) is 11.3 Å². The second-order valence-corrected chi connectivity index (χ2v) is 8.68. The van der Waals surface area contributed by atoms with Crippen molar-refractivity contribution in [1.82, 2.24) is 23.8 Å². The first-order valence-electron chi connectivity index (χ1n) is 10.9. The molecule has 4 heterocycles. The highest BCUT2D eigenvalue weighted by molar-refractivity contribution is 7.19. The zero-order valence-corrected chi connectivity index (χ0v) is 21.3. The van der Waals surface area contributed by atoms with Gasteiger partial charge in [-0.05, 0) is 27.7 Å². The molecule has 3 aromatic rings. The number of fused-ring (bicyclic) bond motifs is 2. The Labute approximate surface area is 206 Å². The number of Topliss-reactive ketones (excluding diaryl/α,β-unsaturated/α-hetero) is 1. The summed E-state index contributed by atoms with van der Waals surface area (Å²) in [6.07, 6.45) is 5.22. The van der Waals surface area contributed by atoms with Crippen molar-refractivity contribution >= 4 is 45.6 Å². The van der Waals surface area contributed by atoms with Crippen LogP contribution in [0.1, 0.15) is 52.4 Å². The van der Waals surface area contributed by atoms with Gasteiger partial charge in [0, 0.05) is 44.3 Å². The standard InChI is InChI=1S/C14H17N3O4.C9H10N2O2S/c1-5-21-14(20)9-6-11-15-7-10(17(11)8(9)2)12(18)13(19)16(3)4;1-3-13-8(12)7-6(2)11-5-4-10-9(11)14-7/h7H,5-6H2,1-4H3;4-5H,3H2,1-2H3. The van der Waals surface area contributed by atoms with Gasteiger partial charge in [0.1, 0.15) is 16.4 Å². The maximum absolute atomic E-state index is 12.2. The number of imidazole rings is 2. The summed E-state index contributed by atoms with van der Waals surface area (Å²) in [5, 5.41) is 0. The first-order valence-corrected chi connectivity index (χ1v) is 11.7. The molecule has 0 saturated heterocycles. The molecule has 4 rings (SSSR count). The molecule has 0 aliphatic carbocycles. The Bertz CT molecular complexity index is 1330. The zero-order valence-electron chi connectivity index (χ0n) is 20.4. The van der Waals surface area contributed by atoms with Crippen LogP contribution in [0.25, 0.3) is 10.7 Å². The Morgan fingerprint density at radius 1 is 1.06 bits per heavy atom. The van der Waals surface area contributed by atoms with E-state index in [4.69, 9.17) is 9.47 Å². The molecule has 0 bridgehead atoms. The van der Waals surface area contributed by atoms with Gasteiger partial charge in [0.25, 0.3) is 11.7 Å². The molecular formula is C23H27N5O6S. The van der Waals surface area contributed by atoms with Crippen LogP contribution in [-0.2, 0) is 25.5 Å². The van der Waals surface area contributed by atoms with Crippen molar-refractivity contribution in [2.24, 2.45) is 0 Å². The van der Waals surface area contributed by atoms with E-state index in [1.165, 1.54) is 36.5 Å². The number of aromatic nitrogens is 4. The van der Waals surface area contributed by atoms with E-state index < -0.39 is 17.7 Å². The quantitative estimate of drug-likeness (QED) is 0.286. The van der Waals surface area contributed by atoms with Crippen LogP contribution in [0, 0.1) is 6.92 Å². The lowest BCUT2D eigenvalue weighted by Gasteiger charge is -2.10.